The van der Waals surface area contributed by atoms with E-state index < -0.39 is 10.0 Å². The van der Waals surface area contributed by atoms with Crippen LogP contribution in [0.2, 0.25) is 0 Å². The molecular weight excluding hydrogens is 384 g/mol. The molecule has 0 radical (unpaired) electrons. The number of halogens is 1. The van der Waals surface area contributed by atoms with Crippen molar-refractivity contribution in [3.8, 4) is 0 Å². The predicted molar refractivity (Wildman–Crippen MR) is 91.5 cm³/mol. The highest BCUT2D eigenvalue weighted by atomic mass is 79.9. The van der Waals surface area contributed by atoms with Gasteiger partial charge in [-0.25, -0.2) is 8.42 Å². The molecule has 0 aliphatic carbocycles. The topological polar surface area (TPSA) is 79.6 Å². The summed E-state index contributed by atoms with van der Waals surface area (Å²) in [5.74, 6) is 0.0424. The third-order valence-electron chi connectivity index (χ3n) is 3.60. The van der Waals surface area contributed by atoms with E-state index in [4.69, 9.17) is 4.42 Å². The lowest BCUT2D eigenvalue weighted by molar-refractivity contribution is 0.0958. The number of benzene rings is 1. The van der Waals surface area contributed by atoms with E-state index in [0.717, 1.165) is 18.4 Å². The van der Waals surface area contributed by atoms with E-state index in [-0.39, 0.29) is 16.3 Å². The molecule has 23 heavy (non-hydrogen) atoms. The summed E-state index contributed by atoms with van der Waals surface area (Å²) in [5, 5.41) is 0. The van der Waals surface area contributed by atoms with Crippen LogP contribution in [0.3, 0.4) is 0 Å². The van der Waals surface area contributed by atoms with Gasteiger partial charge in [0.05, 0.1) is 12.0 Å². The molecule has 1 aliphatic rings. The van der Waals surface area contributed by atoms with E-state index in [1.807, 2.05) is 6.07 Å². The van der Waals surface area contributed by atoms with E-state index in [9.17, 15) is 13.2 Å². The van der Waals surface area contributed by atoms with Gasteiger partial charge in [-0.3, -0.25) is 9.52 Å². The number of nitrogens with one attached hydrogen (secondary N) is 1. The maximum Gasteiger partial charge on any atom is 0.293 e. The molecule has 1 aromatic heterocycles. The smallest absolute Gasteiger partial charge is 0.293 e. The number of hydrogen-bond acceptors (Lipinski definition) is 4. The van der Waals surface area contributed by atoms with Crippen molar-refractivity contribution in [3.63, 3.8) is 0 Å². The number of nitrogens with zero attached hydrogens (tertiary/aromatic N) is 1. The van der Waals surface area contributed by atoms with E-state index in [1.54, 1.807) is 29.2 Å². The van der Waals surface area contributed by atoms with Crippen LogP contribution in [0.25, 0.3) is 0 Å². The molecule has 1 aromatic carbocycles. The summed E-state index contributed by atoms with van der Waals surface area (Å²) in [6.45, 7) is 0.571. The highest BCUT2D eigenvalue weighted by molar-refractivity contribution is 9.10. The summed E-state index contributed by atoms with van der Waals surface area (Å²) in [6, 6.07) is 8.53. The summed E-state index contributed by atoms with van der Waals surface area (Å²) in [4.78, 5) is 14.2. The second-order valence-electron chi connectivity index (χ2n) is 5.21. The summed E-state index contributed by atoms with van der Waals surface area (Å²) >= 11 is 2.94. The Kier molecular flexibility index (Phi) is 4.45. The third kappa shape index (κ3) is 3.42. The molecule has 1 amide bonds. The van der Waals surface area contributed by atoms with Gasteiger partial charge in [0.2, 0.25) is 10.0 Å². The van der Waals surface area contributed by atoms with E-state index >= 15 is 0 Å². The van der Waals surface area contributed by atoms with Crippen molar-refractivity contribution in [2.45, 2.75) is 12.8 Å². The Balaban J connectivity index is 1.95. The highest BCUT2D eigenvalue weighted by Gasteiger charge is 2.25. The minimum absolute atomic E-state index is 0.188. The first-order valence-electron chi connectivity index (χ1n) is 7.05. The Bertz CT molecular complexity index is 818. The number of alkyl halides is 1. The monoisotopic (exact) mass is 398 g/mol. The number of carbonyl (C=O) groups is 1. The number of anilines is 2. The van der Waals surface area contributed by atoms with Crippen LogP contribution >= 0.6 is 15.9 Å². The number of rotatable bonds is 4. The minimum atomic E-state index is -3.44. The van der Waals surface area contributed by atoms with Crippen LogP contribution < -0.4 is 9.62 Å². The van der Waals surface area contributed by atoms with Crippen LogP contribution in [0.1, 0.15) is 22.5 Å². The molecule has 3 rings (SSSR count). The summed E-state index contributed by atoms with van der Waals surface area (Å²) in [6.07, 6.45) is 3.16. The van der Waals surface area contributed by atoms with Crippen molar-refractivity contribution in [1.82, 2.24) is 0 Å². The summed E-state index contributed by atoms with van der Waals surface area (Å²) < 4.78 is 30.8. The quantitative estimate of drug-likeness (QED) is 0.802. The Hall–Kier alpha value is -1.80. The van der Waals surface area contributed by atoms with Crippen LogP contribution in [0.4, 0.5) is 11.4 Å². The van der Waals surface area contributed by atoms with Gasteiger partial charge < -0.3 is 9.32 Å². The lowest BCUT2D eigenvalue weighted by Gasteiger charge is -2.29. The summed E-state index contributed by atoms with van der Waals surface area (Å²) in [5.41, 5.74) is 2.16. The minimum Gasteiger partial charge on any atom is -0.459 e. The molecule has 122 valence electrons. The van der Waals surface area contributed by atoms with Crippen LogP contribution in [-0.2, 0) is 16.4 Å². The standard InChI is InChI=1S/C15H15BrN2O4S/c16-10-23(20,21)17-12-6-5-11-3-1-7-18(13(11)9-12)15(19)14-4-2-8-22-14/h2,4-6,8-9,17H,1,3,7,10H2. The molecule has 6 nitrogen and oxygen atoms in total. The molecular formula is C15H15BrN2O4S. The van der Waals surface area contributed by atoms with Crippen molar-refractivity contribution in [2.75, 3.05) is 20.8 Å². The van der Waals surface area contributed by atoms with Gasteiger partial charge in [0.15, 0.2) is 5.76 Å². The Morgan fingerprint density at radius 2 is 2.17 bits per heavy atom. The lowest BCUT2D eigenvalue weighted by Crippen LogP contribution is -2.35. The maximum absolute atomic E-state index is 12.6. The van der Waals surface area contributed by atoms with Crippen molar-refractivity contribution in [2.24, 2.45) is 0 Å². The SMILES string of the molecule is O=C(c1ccco1)N1CCCc2ccc(NS(=O)(=O)CBr)cc21. The molecule has 0 unspecified atom stereocenters. The molecule has 2 aromatic rings. The first kappa shape index (κ1) is 16.1. The molecule has 0 saturated carbocycles. The molecule has 1 aliphatic heterocycles. The fourth-order valence-corrected chi connectivity index (χ4v) is 3.47. The number of aryl methyl sites for hydroxylation is 1. The fraction of sp³-hybridized carbons (Fsp3) is 0.267. The molecule has 0 fully saturated rings. The van der Waals surface area contributed by atoms with Crippen molar-refractivity contribution < 1.29 is 17.6 Å². The van der Waals surface area contributed by atoms with Gasteiger partial charge >= 0.3 is 0 Å². The first-order chi connectivity index (χ1) is 11.0. The Labute approximate surface area is 142 Å². The average Bonchev–Trinajstić information content (AvgIpc) is 3.08. The average molecular weight is 399 g/mol. The van der Waals surface area contributed by atoms with Gasteiger partial charge in [0.1, 0.15) is 4.66 Å². The number of carbonyl (C=O) groups excluding carboxylic acids is 1. The first-order valence-corrected chi connectivity index (χ1v) is 9.82. The maximum atomic E-state index is 12.6. The van der Waals surface area contributed by atoms with Gasteiger partial charge in [0.25, 0.3) is 5.91 Å². The van der Waals surface area contributed by atoms with Crippen LogP contribution in [0.5, 0.6) is 0 Å². The zero-order valence-electron chi connectivity index (χ0n) is 12.2. The molecule has 1 N–H and O–H groups in total. The van der Waals surface area contributed by atoms with E-state index in [2.05, 4.69) is 20.7 Å². The summed E-state index contributed by atoms with van der Waals surface area (Å²) in [7, 11) is -3.44. The number of sulfonamides is 1. The van der Waals surface area contributed by atoms with Gasteiger partial charge in [-0.2, -0.15) is 0 Å². The largest absolute Gasteiger partial charge is 0.459 e. The normalized spacial score (nSPS) is 14.4. The molecule has 0 atom stereocenters. The highest BCUT2D eigenvalue weighted by Crippen LogP contribution is 2.31. The zero-order valence-corrected chi connectivity index (χ0v) is 14.6. The van der Waals surface area contributed by atoms with Gasteiger partial charge in [-0.15, -0.1) is 0 Å². The predicted octanol–water partition coefficient (Wildman–Crippen LogP) is 2.97. The van der Waals surface area contributed by atoms with Crippen LogP contribution in [0.15, 0.2) is 41.0 Å². The number of furan rings is 1. The third-order valence-corrected chi connectivity index (χ3v) is 6.24. The molecule has 0 spiro atoms. The van der Waals surface area contributed by atoms with Crippen LogP contribution in [-0.4, -0.2) is 25.5 Å². The van der Waals surface area contributed by atoms with E-state index in [0.29, 0.717) is 17.9 Å². The Morgan fingerprint density at radius 1 is 1.35 bits per heavy atom. The second-order valence-corrected chi connectivity index (χ2v) is 8.23. The Morgan fingerprint density at radius 3 is 2.87 bits per heavy atom. The lowest BCUT2D eigenvalue weighted by atomic mass is 10.0. The fourth-order valence-electron chi connectivity index (χ4n) is 2.59. The molecule has 0 bridgehead atoms. The van der Waals surface area contributed by atoms with E-state index in [1.165, 1.54) is 6.26 Å². The molecule has 2 heterocycles. The number of amides is 1. The molecule has 0 saturated heterocycles. The van der Waals surface area contributed by atoms with Crippen molar-refractivity contribution in [1.29, 1.82) is 0 Å². The van der Waals surface area contributed by atoms with Gasteiger partial charge in [-0.1, -0.05) is 22.0 Å². The number of hydrogen-bond donors (Lipinski definition) is 1. The van der Waals surface area contributed by atoms with Gasteiger partial charge in [-0.05, 0) is 42.7 Å². The zero-order chi connectivity index (χ0) is 16.4. The number of fused-ring (bicyclic) bond motifs is 1. The molecule has 8 heteroatoms. The van der Waals surface area contributed by atoms with Crippen LogP contribution in [0, 0.1) is 0 Å². The second kappa shape index (κ2) is 6.37. The van der Waals surface area contributed by atoms with Gasteiger partial charge in [0, 0.05) is 12.2 Å². The van der Waals surface area contributed by atoms with Crippen molar-refractivity contribution >= 4 is 43.2 Å². The van der Waals surface area contributed by atoms with Crippen molar-refractivity contribution in [3.05, 3.63) is 47.9 Å².